The highest BCUT2D eigenvalue weighted by Gasteiger charge is 2.26. The van der Waals surface area contributed by atoms with Crippen LogP contribution in [0.3, 0.4) is 0 Å². The molecule has 0 bridgehead atoms. The molecule has 24 heavy (non-hydrogen) atoms. The van der Waals surface area contributed by atoms with Crippen LogP contribution in [-0.2, 0) is 6.54 Å². The molecule has 2 aromatic rings. The molecule has 1 atom stereocenters. The van der Waals surface area contributed by atoms with E-state index in [0.29, 0.717) is 12.2 Å². The molecule has 128 valence electrons. The molecule has 0 radical (unpaired) electrons. The van der Waals surface area contributed by atoms with Gasteiger partial charge in [0.2, 0.25) is 0 Å². The molecule has 0 saturated carbocycles. The first-order chi connectivity index (χ1) is 11.5. The minimum atomic E-state index is -3.13. The van der Waals surface area contributed by atoms with Crippen LogP contribution in [0.4, 0.5) is 13.2 Å². The summed E-state index contributed by atoms with van der Waals surface area (Å²) in [7, 11) is 0. The fourth-order valence-electron chi connectivity index (χ4n) is 2.73. The second-order valence-electron chi connectivity index (χ2n) is 5.45. The molecular formula is C15H15F3N4O2. The number of fused-ring (bicyclic) bond motifs is 1. The molecule has 6 nitrogen and oxygen atoms in total. The van der Waals surface area contributed by atoms with Crippen LogP contribution >= 0.6 is 0 Å². The van der Waals surface area contributed by atoms with Crippen LogP contribution in [0.5, 0.6) is 5.75 Å². The maximum atomic E-state index is 13.7. The highest BCUT2D eigenvalue weighted by Crippen LogP contribution is 2.25. The largest absolute Gasteiger partial charge is 0.432 e. The van der Waals surface area contributed by atoms with Gasteiger partial charge in [0.25, 0.3) is 5.91 Å². The number of hydrogen-bond acceptors (Lipinski definition) is 4. The van der Waals surface area contributed by atoms with Gasteiger partial charge in [0.15, 0.2) is 17.4 Å². The van der Waals surface area contributed by atoms with E-state index in [2.05, 4.69) is 20.3 Å². The number of alkyl halides is 2. The van der Waals surface area contributed by atoms with Crippen LogP contribution in [-0.4, -0.2) is 27.3 Å². The first kappa shape index (κ1) is 16.3. The van der Waals surface area contributed by atoms with Gasteiger partial charge in [-0.2, -0.15) is 8.78 Å². The number of nitrogens with zero attached hydrogens (tertiary/aromatic N) is 3. The van der Waals surface area contributed by atoms with Crippen LogP contribution in [0.2, 0.25) is 0 Å². The monoisotopic (exact) mass is 340 g/mol. The summed E-state index contributed by atoms with van der Waals surface area (Å²) in [4.78, 5) is 12.3. The van der Waals surface area contributed by atoms with Crippen molar-refractivity contribution >= 4 is 5.91 Å². The summed E-state index contributed by atoms with van der Waals surface area (Å²) in [5.41, 5.74) is 0.0162. The van der Waals surface area contributed by atoms with Gasteiger partial charge in [-0.15, -0.1) is 10.2 Å². The molecule has 1 amide bonds. The van der Waals surface area contributed by atoms with Gasteiger partial charge in [-0.3, -0.25) is 4.79 Å². The number of hydrogen-bond donors (Lipinski definition) is 1. The lowest BCUT2D eigenvalue weighted by molar-refractivity contribution is -0.0521. The van der Waals surface area contributed by atoms with Crippen molar-refractivity contribution in [3.05, 3.63) is 41.2 Å². The number of nitrogens with one attached hydrogen (secondary N) is 1. The molecule has 9 heteroatoms. The fourth-order valence-corrected chi connectivity index (χ4v) is 2.73. The topological polar surface area (TPSA) is 69.0 Å². The predicted octanol–water partition coefficient (Wildman–Crippen LogP) is 2.59. The van der Waals surface area contributed by atoms with E-state index in [1.807, 2.05) is 11.5 Å². The second-order valence-corrected chi connectivity index (χ2v) is 5.45. The lowest BCUT2D eigenvalue weighted by Gasteiger charge is -2.24. The van der Waals surface area contributed by atoms with Gasteiger partial charge < -0.3 is 14.6 Å². The van der Waals surface area contributed by atoms with Crippen molar-refractivity contribution in [1.29, 1.82) is 0 Å². The normalized spacial score (nSPS) is 16.8. The van der Waals surface area contributed by atoms with Crippen molar-refractivity contribution in [1.82, 2.24) is 20.1 Å². The highest BCUT2D eigenvalue weighted by molar-refractivity contribution is 5.94. The Morgan fingerprint density at radius 1 is 1.42 bits per heavy atom. The molecule has 1 aliphatic heterocycles. The summed E-state index contributed by atoms with van der Waals surface area (Å²) in [6.07, 6.45) is 1.55. The van der Waals surface area contributed by atoms with Crippen molar-refractivity contribution in [2.24, 2.45) is 0 Å². The lowest BCUT2D eigenvalue weighted by atomic mass is 10.1. The smallest absolute Gasteiger partial charge is 0.387 e. The molecule has 1 aromatic heterocycles. The zero-order chi connectivity index (χ0) is 17.3. The third kappa shape index (κ3) is 3.19. The maximum Gasteiger partial charge on any atom is 0.387 e. The molecule has 1 unspecified atom stereocenters. The number of amides is 1. The Bertz CT molecular complexity index is 763. The van der Waals surface area contributed by atoms with E-state index in [1.165, 1.54) is 6.07 Å². The highest BCUT2D eigenvalue weighted by atomic mass is 19.3. The third-order valence-electron chi connectivity index (χ3n) is 3.87. The molecule has 1 aromatic carbocycles. The summed E-state index contributed by atoms with van der Waals surface area (Å²) in [5.74, 6) is -0.717. The molecule has 3 rings (SSSR count). The quantitative estimate of drug-likeness (QED) is 0.929. The van der Waals surface area contributed by atoms with E-state index in [0.717, 1.165) is 30.9 Å². The van der Waals surface area contributed by atoms with Crippen LogP contribution in [0, 0.1) is 12.7 Å². The summed E-state index contributed by atoms with van der Waals surface area (Å²) in [5, 5.41) is 10.8. The van der Waals surface area contributed by atoms with E-state index in [1.54, 1.807) is 0 Å². The van der Waals surface area contributed by atoms with Gasteiger partial charge in [-0.05, 0) is 38.0 Å². The Kier molecular flexibility index (Phi) is 4.41. The zero-order valence-corrected chi connectivity index (χ0v) is 12.8. The fraction of sp³-hybridized carbons (Fsp3) is 0.400. The van der Waals surface area contributed by atoms with E-state index in [9.17, 15) is 18.0 Å². The number of carbonyl (C=O) groups excluding carboxylic acids is 1. The van der Waals surface area contributed by atoms with Gasteiger partial charge >= 0.3 is 6.61 Å². The van der Waals surface area contributed by atoms with Gasteiger partial charge in [0.1, 0.15) is 5.82 Å². The summed E-state index contributed by atoms with van der Waals surface area (Å²) in [6.45, 7) is -0.511. The zero-order valence-electron chi connectivity index (χ0n) is 12.8. The molecule has 0 fully saturated rings. The van der Waals surface area contributed by atoms with Crippen LogP contribution < -0.4 is 10.1 Å². The molecule has 0 aliphatic carbocycles. The number of rotatable bonds is 4. The van der Waals surface area contributed by atoms with E-state index >= 15 is 0 Å². The number of ether oxygens (including phenoxy) is 1. The number of aromatic nitrogens is 3. The first-order valence-electron chi connectivity index (χ1n) is 7.40. The standard InChI is InChI=1S/C15H15F3N4O2/c1-8-20-21-13-11(3-2-6-22(8)13)19-14(23)9-4-5-12(10(16)7-9)24-15(17)18/h4-5,7,11,15H,2-3,6H2,1H3,(H,19,23). The number of benzene rings is 1. The minimum Gasteiger partial charge on any atom is -0.432 e. The Morgan fingerprint density at radius 3 is 2.92 bits per heavy atom. The Labute approximate surface area is 135 Å². The Balaban J connectivity index is 1.75. The van der Waals surface area contributed by atoms with Gasteiger partial charge in [-0.25, -0.2) is 4.39 Å². The number of halogens is 3. The van der Waals surface area contributed by atoms with Crippen molar-refractivity contribution in [2.45, 2.75) is 39.0 Å². The van der Waals surface area contributed by atoms with Crippen molar-refractivity contribution in [3.63, 3.8) is 0 Å². The Morgan fingerprint density at radius 2 is 2.21 bits per heavy atom. The lowest BCUT2D eigenvalue weighted by Crippen LogP contribution is -2.33. The first-order valence-corrected chi connectivity index (χ1v) is 7.40. The maximum absolute atomic E-state index is 13.7. The summed E-state index contributed by atoms with van der Waals surface area (Å²) in [6, 6.07) is 2.78. The predicted molar refractivity (Wildman–Crippen MR) is 77.2 cm³/mol. The van der Waals surface area contributed by atoms with Crippen molar-refractivity contribution in [2.75, 3.05) is 0 Å². The van der Waals surface area contributed by atoms with Gasteiger partial charge in [-0.1, -0.05) is 0 Å². The minimum absolute atomic E-state index is 0.0162. The molecule has 2 heterocycles. The van der Waals surface area contributed by atoms with Gasteiger partial charge in [0, 0.05) is 12.1 Å². The van der Waals surface area contributed by atoms with Crippen molar-refractivity contribution < 1.29 is 22.7 Å². The third-order valence-corrected chi connectivity index (χ3v) is 3.87. The van der Waals surface area contributed by atoms with E-state index in [-0.39, 0.29) is 11.6 Å². The molecule has 0 saturated heterocycles. The van der Waals surface area contributed by atoms with E-state index < -0.39 is 24.1 Å². The molecular weight excluding hydrogens is 325 g/mol. The molecule has 1 aliphatic rings. The Hall–Kier alpha value is -2.58. The van der Waals surface area contributed by atoms with Gasteiger partial charge in [0.05, 0.1) is 6.04 Å². The molecule has 0 spiro atoms. The number of carbonyl (C=O) groups is 1. The summed E-state index contributed by atoms with van der Waals surface area (Å²) < 4.78 is 43.9. The van der Waals surface area contributed by atoms with Crippen LogP contribution in [0.15, 0.2) is 18.2 Å². The SMILES string of the molecule is Cc1nnc2n1CCCC2NC(=O)c1ccc(OC(F)F)c(F)c1. The van der Waals surface area contributed by atoms with Crippen LogP contribution in [0.1, 0.15) is 40.9 Å². The number of aryl methyl sites for hydroxylation is 1. The van der Waals surface area contributed by atoms with E-state index in [4.69, 9.17) is 0 Å². The average molecular weight is 340 g/mol. The summed E-state index contributed by atoms with van der Waals surface area (Å²) >= 11 is 0. The van der Waals surface area contributed by atoms with Crippen LogP contribution in [0.25, 0.3) is 0 Å². The molecule has 1 N–H and O–H groups in total. The second kappa shape index (κ2) is 6.50. The average Bonchev–Trinajstić information content (AvgIpc) is 2.91. The van der Waals surface area contributed by atoms with Crippen molar-refractivity contribution in [3.8, 4) is 5.75 Å².